The largest absolute Gasteiger partial charge is 0.437 e. The lowest BCUT2D eigenvalue weighted by atomic mass is 10.1. The number of piperazine rings is 1. The summed E-state index contributed by atoms with van der Waals surface area (Å²) in [5.74, 6) is 1.27. The molecule has 180 valence electrons. The molecule has 3 heterocycles. The summed E-state index contributed by atoms with van der Waals surface area (Å²) < 4.78 is 6.20. The molecule has 2 aromatic carbocycles. The minimum absolute atomic E-state index is 0.0859. The van der Waals surface area contributed by atoms with Gasteiger partial charge in [0.2, 0.25) is 11.8 Å². The first-order valence-corrected chi connectivity index (χ1v) is 12.0. The second kappa shape index (κ2) is 8.98. The SMILES string of the molecule is CN1CCN(c2ccc(Nc3nc(Oc4cccc5c4C(=O)CC5)c4cc[nH]c4n3)cc2C#N)CC1. The number of nitriles is 1. The summed E-state index contributed by atoms with van der Waals surface area (Å²) >= 11 is 0. The van der Waals surface area contributed by atoms with Gasteiger partial charge in [0.25, 0.3) is 0 Å². The van der Waals surface area contributed by atoms with Crippen LogP contribution in [0.5, 0.6) is 11.6 Å². The molecule has 2 aromatic heterocycles. The maximum absolute atomic E-state index is 12.5. The normalized spacial score (nSPS) is 15.7. The average Bonchev–Trinajstić information content (AvgIpc) is 3.52. The lowest BCUT2D eigenvalue weighted by molar-refractivity contribution is 0.0992. The molecule has 9 nitrogen and oxygen atoms in total. The third-order valence-corrected chi connectivity index (χ3v) is 6.82. The van der Waals surface area contributed by atoms with Crippen molar-refractivity contribution < 1.29 is 9.53 Å². The molecule has 0 bridgehead atoms. The Balaban J connectivity index is 1.30. The number of aromatic amines is 1. The zero-order chi connectivity index (χ0) is 24.6. The lowest BCUT2D eigenvalue weighted by Crippen LogP contribution is -2.44. The van der Waals surface area contributed by atoms with Crippen LogP contribution in [0.3, 0.4) is 0 Å². The number of nitrogens with zero attached hydrogens (tertiary/aromatic N) is 5. The van der Waals surface area contributed by atoms with E-state index < -0.39 is 0 Å². The van der Waals surface area contributed by atoms with Crippen LogP contribution in [0.15, 0.2) is 48.7 Å². The van der Waals surface area contributed by atoms with Gasteiger partial charge in [-0.3, -0.25) is 4.79 Å². The Morgan fingerprint density at radius 2 is 1.94 bits per heavy atom. The van der Waals surface area contributed by atoms with E-state index in [1.807, 2.05) is 36.4 Å². The van der Waals surface area contributed by atoms with Gasteiger partial charge in [-0.05, 0) is 49.4 Å². The van der Waals surface area contributed by atoms with Crippen LogP contribution in [0, 0.1) is 11.3 Å². The maximum atomic E-state index is 12.5. The van der Waals surface area contributed by atoms with Gasteiger partial charge in [0.05, 0.1) is 22.2 Å². The lowest BCUT2D eigenvalue weighted by Gasteiger charge is -2.34. The van der Waals surface area contributed by atoms with Crippen molar-refractivity contribution in [1.82, 2.24) is 19.9 Å². The smallest absolute Gasteiger partial charge is 0.233 e. The molecule has 0 radical (unpaired) electrons. The molecule has 36 heavy (non-hydrogen) atoms. The Morgan fingerprint density at radius 3 is 2.78 bits per heavy atom. The van der Waals surface area contributed by atoms with Crippen molar-refractivity contribution in [3.63, 3.8) is 0 Å². The first kappa shape index (κ1) is 22.1. The third kappa shape index (κ3) is 4.01. The van der Waals surface area contributed by atoms with E-state index in [-0.39, 0.29) is 5.78 Å². The highest BCUT2D eigenvalue weighted by molar-refractivity contribution is 6.03. The van der Waals surface area contributed by atoms with Crippen LogP contribution >= 0.6 is 0 Å². The van der Waals surface area contributed by atoms with Gasteiger partial charge in [-0.1, -0.05) is 12.1 Å². The van der Waals surface area contributed by atoms with Crippen LogP contribution in [-0.2, 0) is 6.42 Å². The number of carbonyl (C=O) groups is 1. The van der Waals surface area contributed by atoms with E-state index in [0.29, 0.717) is 51.8 Å². The molecule has 0 amide bonds. The van der Waals surface area contributed by atoms with E-state index >= 15 is 0 Å². The summed E-state index contributed by atoms with van der Waals surface area (Å²) in [6.07, 6.45) is 3.00. The van der Waals surface area contributed by atoms with Crippen molar-refractivity contribution in [3.8, 4) is 17.7 Å². The Kier molecular flexibility index (Phi) is 5.51. The van der Waals surface area contributed by atoms with Gasteiger partial charge < -0.3 is 24.8 Å². The molecule has 1 aliphatic carbocycles. The molecule has 6 rings (SSSR count). The molecular formula is C27H25N7O2. The second-order valence-electron chi connectivity index (χ2n) is 9.17. The fourth-order valence-electron chi connectivity index (χ4n) is 4.87. The monoisotopic (exact) mass is 479 g/mol. The third-order valence-electron chi connectivity index (χ3n) is 6.82. The molecule has 0 saturated carbocycles. The van der Waals surface area contributed by atoms with Crippen LogP contribution in [0.4, 0.5) is 17.3 Å². The summed E-state index contributed by atoms with van der Waals surface area (Å²) in [4.78, 5) is 29.3. The molecule has 0 atom stereocenters. The highest BCUT2D eigenvalue weighted by atomic mass is 16.5. The number of rotatable bonds is 5. The number of hydrogen-bond acceptors (Lipinski definition) is 8. The van der Waals surface area contributed by atoms with Crippen LogP contribution in [0.25, 0.3) is 11.0 Å². The molecule has 9 heteroatoms. The van der Waals surface area contributed by atoms with E-state index in [1.54, 1.807) is 12.3 Å². The van der Waals surface area contributed by atoms with Gasteiger partial charge >= 0.3 is 0 Å². The van der Waals surface area contributed by atoms with Crippen molar-refractivity contribution in [1.29, 1.82) is 5.26 Å². The van der Waals surface area contributed by atoms with Crippen LogP contribution < -0.4 is 15.0 Å². The number of H-pyrrole nitrogens is 1. The number of aromatic nitrogens is 3. The van der Waals surface area contributed by atoms with E-state index in [9.17, 15) is 10.1 Å². The van der Waals surface area contributed by atoms with E-state index in [4.69, 9.17) is 4.74 Å². The minimum Gasteiger partial charge on any atom is -0.437 e. The van der Waals surface area contributed by atoms with E-state index in [1.165, 1.54) is 0 Å². The second-order valence-corrected chi connectivity index (χ2v) is 9.17. The number of aryl methyl sites for hydroxylation is 1. The first-order valence-electron chi connectivity index (χ1n) is 12.0. The summed E-state index contributed by atoms with van der Waals surface area (Å²) in [5.41, 5.74) is 4.48. The Bertz CT molecular complexity index is 1510. The number of carbonyl (C=O) groups excluding carboxylic acids is 1. The Morgan fingerprint density at radius 1 is 1.08 bits per heavy atom. The topological polar surface area (TPSA) is 110 Å². The number of nitrogens with one attached hydrogen (secondary N) is 2. The number of Topliss-reactive ketones (excluding diaryl/α,β-unsaturated/α-hetero) is 1. The molecule has 1 saturated heterocycles. The van der Waals surface area contributed by atoms with Crippen LogP contribution in [0.2, 0.25) is 0 Å². The molecular weight excluding hydrogens is 454 g/mol. The maximum Gasteiger partial charge on any atom is 0.233 e. The first-order chi connectivity index (χ1) is 17.6. The van der Waals surface area contributed by atoms with Crippen molar-refractivity contribution in [2.45, 2.75) is 12.8 Å². The predicted octanol–water partition coefficient (Wildman–Crippen LogP) is 4.25. The number of ketones is 1. The van der Waals surface area contributed by atoms with Gasteiger partial charge in [-0.2, -0.15) is 15.2 Å². The number of likely N-dealkylation sites (N-methyl/N-ethyl adjacent to an activating group) is 1. The van der Waals surface area contributed by atoms with Crippen LogP contribution in [-0.4, -0.2) is 58.9 Å². The molecule has 0 unspecified atom stereocenters. The number of ether oxygens (including phenoxy) is 1. The number of anilines is 3. The fraction of sp³-hybridized carbons (Fsp3) is 0.259. The van der Waals surface area contributed by atoms with Gasteiger partial charge in [0, 0.05) is 44.5 Å². The average molecular weight is 480 g/mol. The molecule has 4 aromatic rings. The summed E-state index contributed by atoms with van der Waals surface area (Å²) in [6.45, 7) is 3.70. The molecule has 0 spiro atoms. The quantitative estimate of drug-likeness (QED) is 0.437. The zero-order valence-corrected chi connectivity index (χ0v) is 19.9. The minimum atomic E-state index is 0.0859. The van der Waals surface area contributed by atoms with Gasteiger partial charge in [-0.25, -0.2) is 0 Å². The van der Waals surface area contributed by atoms with E-state index in [0.717, 1.165) is 43.9 Å². The summed E-state index contributed by atoms with van der Waals surface area (Å²) in [7, 11) is 2.11. The molecule has 1 fully saturated rings. The fourth-order valence-corrected chi connectivity index (χ4v) is 4.87. The zero-order valence-electron chi connectivity index (χ0n) is 19.9. The molecule has 2 N–H and O–H groups in total. The summed E-state index contributed by atoms with van der Waals surface area (Å²) in [6, 6.07) is 15.5. The highest BCUT2D eigenvalue weighted by Crippen LogP contribution is 2.36. The van der Waals surface area contributed by atoms with Crippen molar-refractivity contribution in [2.75, 3.05) is 43.4 Å². The van der Waals surface area contributed by atoms with Gasteiger partial charge in [-0.15, -0.1) is 0 Å². The van der Waals surface area contributed by atoms with E-state index in [2.05, 4.69) is 43.2 Å². The highest BCUT2D eigenvalue weighted by Gasteiger charge is 2.25. The Labute approximate surface area is 208 Å². The van der Waals surface area contributed by atoms with Gasteiger partial charge in [0.1, 0.15) is 17.5 Å². The summed E-state index contributed by atoms with van der Waals surface area (Å²) in [5, 5.41) is 13.7. The van der Waals surface area contributed by atoms with Crippen molar-refractivity contribution in [2.24, 2.45) is 0 Å². The number of benzene rings is 2. The predicted molar refractivity (Wildman–Crippen MR) is 137 cm³/mol. The van der Waals surface area contributed by atoms with Crippen LogP contribution in [0.1, 0.15) is 27.9 Å². The number of hydrogen-bond donors (Lipinski definition) is 2. The molecule has 2 aliphatic rings. The molecule has 1 aliphatic heterocycles. The van der Waals surface area contributed by atoms with Crippen molar-refractivity contribution in [3.05, 3.63) is 65.4 Å². The Hall–Kier alpha value is -4.42. The van der Waals surface area contributed by atoms with Crippen molar-refractivity contribution >= 4 is 34.1 Å². The number of fused-ring (bicyclic) bond motifs is 2. The standard InChI is InChI=1S/C27H25N7O2/c1-33-11-13-34(14-12-33)21-7-6-19(15-18(21)16-28)30-27-31-25-20(9-10-29-25)26(32-27)36-23-4-2-3-17-5-8-22(35)24(17)23/h2-4,6-7,9-10,15H,5,8,11-14H2,1H3,(H2,29,30,31,32). The van der Waals surface area contributed by atoms with Gasteiger partial charge in [0.15, 0.2) is 5.78 Å².